The van der Waals surface area contributed by atoms with Crippen molar-refractivity contribution in [3.05, 3.63) is 24.3 Å². The maximum atomic E-state index is 12.0. The van der Waals surface area contributed by atoms with Crippen LogP contribution in [-0.2, 0) is 0 Å². The average Bonchev–Trinajstić information content (AvgIpc) is 2.34. The second kappa shape index (κ2) is 7.53. The molecule has 0 bridgehead atoms. The molecular formula is C13H17F3O2S. The SMILES string of the molecule is CCCC(CS)COc1ccc(OC(F)(F)F)cc1. The summed E-state index contributed by atoms with van der Waals surface area (Å²) in [4.78, 5) is 0. The van der Waals surface area contributed by atoms with Gasteiger partial charge in [-0.3, -0.25) is 0 Å². The molecule has 1 atom stereocenters. The first-order valence-corrected chi connectivity index (χ1v) is 6.67. The minimum Gasteiger partial charge on any atom is -0.493 e. The highest BCUT2D eigenvalue weighted by Gasteiger charge is 2.30. The summed E-state index contributed by atoms with van der Waals surface area (Å²) < 4.78 is 45.2. The van der Waals surface area contributed by atoms with Crippen molar-refractivity contribution in [2.45, 2.75) is 26.1 Å². The molecule has 0 aromatic heterocycles. The topological polar surface area (TPSA) is 18.5 Å². The number of thiol groups is 1. The minimum atomic E-state index is -4.67. The van der Waals surface area contributed by atoms with E-state index in [0.717, 1.165) is 18.6 Å². The normalized spacial score (nSPS) is 13.1. The zero-order chi connectivity index (χ0) is 14.3. The molecule has 0 amide bonds. The molecule has 0 aliphatic rings. The number of rotatable bonds is 7. The molecule has 0 aliphatic heterocycles. The highest BCUT2D eigenvalue weighted by atomic mass is 32.1. The van der Waals surface area contributed by atoms with Gasteiger partial charge in [0.05, 0.1) is 6.61 Å². The van der Waals surface area contributed by atoms with Gasteiger partial charge in [0.15, 0.2) is 0 Å². The van der Waals surface area contributed by atoms with Crippen LogP contribution in [-0.4, -0.2) is 18.7 Å². The van der Waals surface area contributed by atoms with Gasteiger partial charge in [0.25, 0.3) is 0 Å². The fourth-order valence-corrected chi connectivity index (χ4v) is 1.88. The molecule has 1 aromatic carbocycles. The van der Waals surface area contributed by atoms with E-state index in [9.17, 15) is 13.2 Å². The largest absolute Gasteiger partial charge is 0.573 e. The summed E-state index contributed by atoms with van der Waals surface area (Å²) in [6.07, 6.45) is -2.60. The first-order chi connectivity index (χ1) is 8.94. The molecule has 0 N–H and O–H groups in total. The lowest BCUT2D eigenvalue weighted by molar-refractivity contribution is -0.274. The summed E-state index contributed by atoms with van der Waals surface area (Å²) in [5.41, 5.74) is 0. The standard InChI is InChI=1S/C13H17F3O2S/c1-2-3-10(9-19)8-17-11-4-6-12(7-5-11)18-13(14,15)16/h4-7,10,19H,2-3,8-9H2,1H3. The molecule has 0 radical (unpaired) electrons. The van der Waals surface area contributed by atoms with Crippen molar-refractivity contribution < 1.29 is 22.6 Å². The lowest BCUT2D eigenvalue weighted by Gasteiger charge is -2.15. The Morgan fingerprint density at radius 3 is 2.21 bits per heavy atom. The van der Waals surface area contributed by atoms with Gasteiger partial charge < -0.3 is 9.47 Å². The number of hydrogen-bond acceptors (Lipinski definition) is 3. The van der Waals surface area contributed by atoms with Crippen LogP contribution in [0.1, 0.15) is 19.8 Å². The van der Waals surface area contributed by atoms with Gasteiger partial charge in [-0.05, 0) is 36.4 Å². The molecule has 0 saturated carbocycles. The molecular weight excluding hydrogens is 277 g/mol. The van der Waals surface area contributed by atoms with Crippen LogP contribution in [0.5, 0.6) is 11.5 Å². The van der Waals surface area contributed by atoms with Gasteiger partial charge in [-0.25, -0.2) is 0 Å². The van der Waals surface area contributed by atoms with Gasteiger partial charge in [-0.15, -0.1) is 13.2 Å². The van der Waals surface area contributed by atoms with Gasteiger partial charge in [-0.1, -0.05) is 13.3 Å². The summed E-state index contributed by atoms with van der Waals surface area (Å²) in [7, 11) is 0. The van der Waals surface area contributed by atoms with Gasteiger partial charge in [0.1, 0.15) is 11.5 Å². The van der Waals surface area contributed by atoms with E-state index in [1.165, 1.54) is 24.3 Å². The van der Waals surface area contributed by atoms with Crippen molar-refractivity contribution in [1.82, 2.24) is 0 Å². The van der Waals surface area contributed by atoms with E-state index in [1.807, 2.05) is 0 Å². The summed E-state index contributed by atoms with van der Waals surface area (Å²) >= 11 is 4.23. The Hall–Kier alpha value is -1.04. The lowest BCUT2D eigenvalue weighted by atomic mass is 10.1. The van der Waals surface area contributed by atoms with E-state index in [2.05, 4.69) is 24.3 Å². The van der Waals surface area contributed by atoms with Gasteiger partial charge in [0.2, 0.25) is 0 Å². The molecule has 6 heteroatoms. The third-order valence-corrected chi connectivity index (χ3v) is 3.01. The second-order valence-corrected chi connectivity index (χ2v) is 4.53. The Labute approximate surface area is 116 Å². The number of alkyl halides is 3. The molecule has 2 nitrogen and oxygen atoms in total. The zero-order valence-electron chi connectivity index (χ0n) is 10.6. The maximum Gasteiger partial charge on any atom is 0.573 e. The van der Waals surface area contributed by atoms with Gasteiger partial charge in [0, 0.05) is 5.92 Å². The predicted molar refractivity (Wildman–Crippen MR) is 70.9 cm³/mol. The Bertz CT molecular complexity index is 365. The zero-order valence-corrected chi connectivity index (χ0v) is 11.5. The Kier molecular flexibility index (Phi) is 6.34. The molecule has 0 spiro atoms. The fourth-order valence-electron chi connectivity index (χ4n) is 1.59. The highest BCUT2D eigenvalue weighted by molar-refractivity contribution is 7.80. The number of benzene rings is 1. The van der Waals surface area contributed by atoms with Crippen molar-refractivity contribution in [3.63, 3.8) is 0 Å². The van der Waals surface area contributed by atoms with E-state index in [-0.39, 0.29) is 5.75 Å². The number of halogens is 3. The maximum absolute atomic E-state index is 12.0. The van der Waals surface area contributed by atoms with Gasteiger partial charge in [-0.2, -0.15) is 12.6 Å². The molecule has 0 saturated heterocycles. The van der Waals surface area contributed by atoms with E-state index >= 15 is 0 Å². The van der Waals surface area contributed by atoms with Crippen molar-refractivity contribution in [1.29, 1.82) is 0 Å². The van der Waals surface area contributed by atoms with Crippen LogP contribution in [0.25, 0.3) is 0 Å². The summed E-state index contributed by atoms with van der Waals surface area (Å²) in [5.74, 6) is 1.35. The van der Waals surface area contributed by atoms with Crippen molar-refractivity contribution in [3.8, 4) is 11.5 Å². The van der Waals surface area contributed by atoms with Crippen LogP contribution in [0.2, 0.25) is 0 Å². The van der Waals surface area contributed by atoms with Crippen LogP contribution in [0.3, 0.4) is 0 Å². The molecule has 1 unspecified atom stereocenters. The molecule has 0 heterocycles. The first-order valence-electron chi connectivity index (χ1n) is 6.04. The smallest absolute Gasteiger partial charge is 0.493 e. The van der Waals surface area contributed by atoms with Crippen LogP contribution in [0.4, 0.5) is 13.2 Å². The first kappa shape index (κ1) is 16.0. The second-order valence-electron chi connectivity index (χ2n) is 4.17. The Morgan fingerprint density at radius 2 is 1.74 bits per heavy atom. The van der Waals surface area contributed by atoms with Crippen molar-refractivity contribution >= 4 is 12.6 Å². The summed E-state index contributed by atoms with van der Waals surface area (Å²) in [5, 5.41) is 0. The van der Waals surface area contributed by atoms with E-state index < -0.39 is 6.36 Å². The van der Waals surface area contributed by atoms with Crippen molar-refractivity contribution in [2.24, 2.45) is 5.92 Å². The predicted octanol–water partition coefficient (Wildman–Crippen LogP) is 4.31. The van der Waals surface area contributed by atoms with Crippen LogP contribution < -0.4 is 9.47 Å². The lowest BCUT2D eigenvalue weighted by Crippen LogP contribution is -2.17. The van der Waals surface area contributed by atoms with E-state index in [0.29, 0.717) is 18.3 Å². The monoisotopic (exact) mass is 294 g/mol. The average molecular weight is 294 g/mol. The summed E-state index contributed by atoms with van der Waals surface area (Å²) in [6.45, 7) is 2.59. The fraction of sp³-hybridized carbons (Fsp3) is 0.538. The van der Waals surface area contributed by atoms with E-state index in [4.69, 9.17) is 4.74 Å². The molecule has 0 fully saturated rings. The third-order valence-electron chi connectivity index (χ3n) is 2.50. The minimum absolute atomic E-state index is 0.251. The van der Waals surface area contributed by atoms with Crippen LogP contribution in [0.15, 0.2) is 24.3 Å². The summed E-state index contributed by atoms with van der Waals surface area (Å²) in [6, 6.07) is 5.39. The van der Waals surface area contributed by atoms with E-state index in [1.54, 1.807) is 0 Å². The Balaban J connectivity index is 2.48. The molecule has 108 valence electrons. The van der Waals surface area contributed by atoms with Gasteiger partial charge >= 0.3 is 6.36 Å². The number of ether oxygens (including phenoxy) is 2. The number of hydrogen-bond donors (Lipinski definition) is 1. The molecule has 19 heavy (non-hydrogen) atoms. The third kappa shape index (κ3) is 6.61. The van der Waals surface area contributed by atoms with Crippen molar-refractivity contribution in [2.75, 3.05) is 12.4 Å². The Morgan fingerprint density at radius 1 is 1.16 bits per heavy atom. The molecule has 1 aromatic rings. The molecule has 1 rings (SSSR count). The van der Waals surface area contributed by atoms with Crippen LogP contribution >= 0.6 is 12.6 Å². The quantitative estimate of drug-likeness (QED) is 0.755. The van der Waals surface area contributed by atoms with Crippen LogP contribution in [0, 0.1) is 5.92 Å². The highest BCUT2D eigenvalue weighted by Crippen LogP contribution is 2.25. The molecule has 0 aliphatic carbocycles.